The lowest BCUT2D eigenvalue weighted by Crippen LogP contribution is -2.11. The van der Waals surface area contributed by atoms with E-state index in [1.807, 2.05) is 0 Å². The Morgan fingerprint density at radius 2 is 2.00 bits per heavy atom. The number of rotatable bonds is 8. The highest BCUT2D eigenvalue weighted by Gasteiger charge is 2.00. The van der Waals surface area contributed by atoms with Gasteiger partial charge in [-0.05, 0) is 6.42 Å². The molecule has 0 bridgehead atoms. The zero-order chi connectivity index (χ0) is 9.23. The highest BCUT2D eigenvalue weighted by Crippen LogP contribution is 2.02. The van der Waals surface area contributed by atoms with Crippen molar-refractivity contribution >= 4 is 23.2 Å². The number of unbranched alkanes of at least 4 members (excludes halogenated alkanes) is 3. The van der Waals surface area contributed by atoms with Gasteiger partial charge in [0.2, 0.25) is 0 Å². The van der Waals surface area contributed by atoms with Crippen molar-refractivity contribution in [1.29, 1.82) is 0 Å². The average molecular weight is 213 g/mol. The smallest absolute Gasteiger partial charge is 0.0704 e. The van der Waals surface area contributed by atoms with Crippen LogP contribution in [0.5, 0.6) is 0 Å². The predicted molar refractivity (Wildman–Crippen MR) is 55.3 cm³/mol. The molecule has 0 aromatic rings. The van der Waals surface area contributed by atoms with E-state index >= 15 is 0 Å². The minimum Gasteiger partial charge on any atom is -0.380 e. The summed E-state index contributed by atoms with van der Waals surface area (Å²) in [5.74, 6) is 0.469. The predicted octanol–water partition coefficient (Wildman–Crippen LogP) is 3.43. The number of hydrogen-bond acceptors (Lipinski definition) is 1. The van der Waals surface area contributed by atoms with Crippen LogP contribution in [0, 0.1) is 0 Å². The molecule has 0 aliphatic rings. The topological polar surface area (TPSA) is 9.23 Å². The normalized spacial score (nSPS) is 13.2. The molecule has 3 heteroatoms. The van der Waals surface area contributed by atoms with Gasteiger partial charge < -0.3 is 4.74 Å². The van der Waals surface area contributed by atoms with E-state index in [0.717, 1.165) is 13.0 Å². The van der Waals surface area contributed by atoms with E-state index in [-0.39, 0.29) is 5.38 Å². The fraction of sp³-hybridized carbons (Fsp3) is 1.00. The van der Waals surface area contributed by atoms with Crippen molar-refractivity contribution in [3.63, 3.8) is 0 Å². The van der Waals surface area contributed by atoms with Crippen LogP contribution in [0.4, 0.5) is 0 Å². The molecule has 0 saturated carbocycles. The zero-order valence-electron chi connectivity index (χ0n) is 7.69. The number of ether oxygens (including phenoxy) is 1. The third-order valence-electron chi connectivity index (χ3n) is 1.61. The highest BCUT2D eigenvalue weighted by atomic mass is 35.5. The largest absolute Gasteiger partial charge is 0.380 e. The Hall–Kier alpha value is 0.540. The molecule has 1 atom stereocenters. The van der Waals surface area contributed by atoms with Gasteiger partial charge in [0, 0.05) is 12.5 Å². The third kappa shape index (κ3) is 8.63. The van der Waals surface area contributed by atoms with Gasteiger partial charge in [-0.15, -0.1) is 23.2 Å². The molecule has 0 rings (SSSR count). The van der Waals surface area contributed by atoms with Gasteiger partial charge in [-0.25, -0.2) is 0 Å². The summed E-state index contributed by atoms with van der Waals surface area (Å²) in [6, 6.07) is 0. The van der Waals surface area contributed by atoms with Gasteiger partial charge in [0.05, 0.1) is 12.0 Å². The van der Waals surface area contributed by atoms with Gasteiger partial charge in [-0.3, -0.25) is 0 Å². The van der Waals surface area contributed by atoms with Crippen LogP contribution in [0.15, 0.2) is 0 Å². The molecule has 0 spiro atoms. The van der Waals surface area contributed by atoms with E-state index in [9.17, 15) is 0 Å². The van der Waals surface area contributed by atoms with Crippen LogP contribution in [0.25, 0.3) is 0 Å². The lowest BCUT2D eigenvalue weighted by molar-refractivity contribution is 0.133. The van der Waals surface area contributed by atoms with Gasteiger partial charge >= 0.3 is 0 Å². The van der Waals surface area contributed by atoms with Gasteiger partial charge in [-0.1, -0.05) is 26.2 Å². The second kappa shape index (κ2) is 9.63. The molecule has 0 aliphatic heterocycles. The summed E-state index contributed by atoms with van der Waals surface area (Å²) in [6.45, 7) is 3.60. The molecule has 0 aromatic carbocycles. The highest BCUT2D eigenvalue weighted by molar-refractivity contribution is 6.28. The second-order valence-corrected chi connectivity index (χ2v) is 3.81. The Balaban J connectivity index is 2.90. The summed E-state index contributed by atoms with van der Waals surface area (Å²) in [5.41, 5.74) is 0. The maximum Gasteiger partial charge on any atom is 0.0704 e. The molecule has 1 nitrogen and oxygen atoms in total. The van der Waals surface area contributed by atoms with E-state index in [4.69, 9.17) is 27.9 Å². The average Bonchev–Trinajstić information content (AvgIpc) is 2.10. The number of halogens is 2. The van der Waals surface area contributed by atoms with Crippen molar-refractivity contribution in [1.82, 2.24) is 0 Å². The van der Waals surface area contributed by atoms with Crippen molar-refractivity contribution in [2.45, 2.75) is 38.0 Å². The van der Waals surface area contributed by atoms with Crippen LogP contribution in [-0.2, 0) is 4.74 Å². The first kappa shape index (κ1) is 12.5. The molecule has 0 N–H and O–H groups in total. The molecule has 0 amide bonds. The van der Waals surface area contributed by atoms with E-state index in [1.54, 1.807) is 0 Å². The minimum absolute atomic E-state index is 0.0298. The lowest BCUT2D eigenvalue weighted by atomic mass is 10.2. The van der Waals surface area contributed by atoms with Gasteiger partial charge in [0.1, 0.15) is 0 Å². The van der Waals surface area contributed by atoms with Crippen LogP contribution >= 0.6 is 23.2 Å². The Morgan fingerprint density at radius 3 is 2.58 bits per heavy atom. The molecule has 1 unspecified atom stereocenters. The number of hydrogen-bond donors (Lipinski definition) is 0. The molecule has 0 aromatic heterocycles. The van der Waals surface area contributed by atoms with Crippen molar-refractivity contribution in [2.75, 3.05) is 19.1 Å². The summed E-state index contributed by atoms with van der Waals surface area (Å²) in [6.07, 6.45) is 4.95. The monoisotopic (exact) mass is 212 g/mol. The maximum atomic E-state index is 5.75. The summed E-state index contributed by atoms with van der Waals surface area (Å²) in [4.78, 5) is 0. The van der Waals surface area contributed by atoms with Crippen LogP contribution in [0.2, 0.25) is 0 Å². The van der Waals surface area contributed by atoms with Gasteiger partial charge in [0.25, 0.3) is 0 Å². The first-order valence-corrected chi connectivity index (χ1v) is 5.56. The number of alkyl halides is 2. The van der Waals surface area contributed by atoms with Crippen LogP contribution in [0.1, 0.15) is 32.6 Å². The first-order chi connectivity index (χ1) is 5.81. The fourth-order valence-corrected chi connectivity index (χ4v) is 1.06. The molecule has 0 radical (unpaired) electrons. The Bertz CT molecular complexity index is 88.6. The molecule has 74 valence electrons. The summed E-state index contributed by atoms with van der Waals surface area (Å²) < 4.78 is 5.32. The molecule has 0 saturated heterocycles. The Labute approximate surface area is 85.4 Å². The SMILES string of the molecule is CCCCCCOCC(Cl)CCl. The molecule has 0 fully saturated rings. The van der Waals surface area contributed by atoms with Crippen molar-refractivity contribution in [2.24, 2.45) is 0 Å². The standard InChI is InChI=1S/C9H18Cl2O/c1-2-3-4-5-6-12-8-9(11)7-10/h9H,2-8H2,1H3. The van der Waals surface area contributed by atoms with Crippen molar-refractivity contribution in [3.8, 4) is 0 Å². The van der Waals surface area contributed by atoms with Gasteiger partial charge in [0.15, 0.2) is 0 Å². The molecule has 0 heterocycles. The van der Waals surface area contributed by atoms with Crippen LogP contribution in [-0.4, -0.2) is 24.5 Å². The third-order valence-corrected chi connectivity index (χ3v) is 2.42. The minimum atomic E-state index is -0.0298. The maximum absolute atomic E-state index is 5.75. The Kier molecular flexibility index (Phi) is 10.1. The van der Waals surface area contributed by atoms with E-state index in [0.29, 0.717) is 12.5 Å². The van der Waals surface area contributed by atoms with Gasteiger partial charge in [-0.2, -0.15) is 0 Å². The molecule has 0 aliphatic carbocycles. The Morgan fingerprint density at radius 1 is 1.25 bits per heavy atom. The van der Waals surface area contributed by atoms with E-state index in [1.165, 1.54) is 19.3 Å². The summed E-state index contributed by atoms with van der Waals surface area (Å²) in [5, 5.41) is -0.0298. The van der Waals surface area contributed by atoms with Crippen LogP contribution in [0.3, 0.4) is 0 Å². The molecule has 12 heavy (non-hydrogen) atoms. The summed E-state index contributed by atoms with van der Waals surface area (Å²) >= 11 is 11.3. The molecular weight excluding hydrogens is 195 g/mol. The quantitative estimate of drug-likeness (QED) is 0.443. The van der Waals surface area contributed by atoms with Crippen LogP contribution < -0.4 is 0 Å². The van der Waals surface area contributed by atoms with Crippen molar-refractivity contribution < 1.29 is 4.74 Å². The van der Waals surface area contributed by atoms with Crippen molar-refractivity contribution in [3.05, 3.63) is 0 Å². The fourth-order valence-electron chi connectivity index (χ4n) is 0.887. The zero-order valence-corrected chi connectivity index (χ0v) is 9.20. The van der Waals surface area contributed by atoms with E-state index in [2.05, 4.69) is 6.92 Å². The summed E-state index contributed by atoms with van der Waals surface area (Å²) in [7, 11) is 0. The first-order valence-electron chi connectivity index (χ1n) is 4.59. The second-order valence-electron chi connectivity index (χ2n) is 2.89. The molecular formula is C9H18Cl2O. The van der Waals surface area contributed by atoms with E-state index < -0.39 is 0 Å². The lowest BCUT2D eigenvalue weighted by Gasteiger charge is -2.06.